The number of anilines is 1. The van der Waals surface area contributed by atoms with Crippen LogP contribution in [-0.2, 0) is 0 Å². The van der Waals surface area contributed by atoms with Gasteiger partial charge in [-0.05, 0) is 17.2 Å². The lowest BCUT2D eigenvalue weighted by molar-refractivity contribution is -0.393. The molecule has 2 aromatic carbocycles. The second kappa shape index (κ2) is 6.96. The van der Waals surface area contributed by atoms with Crippen molar-refractivity contribution >= 4 is 29.2 Å². The van der Waals surface area contributed by atoms with Gasteiger partial charge in [0.05, 0.1) is 28.1 Å². The number of carbonyl (C=O) groups excluding carboxylic acids is 1. The molecule has 0 heterocycles. The van der Waals surface area contributed by atoms with Crippen molar-refractivity contribution in [3.63, 3.8) is 0 Å². The number of hydrogen-bond acceptors (Lipinski definition) is 8. The molecule has 0 spiro atoms. The van der Waals surface area contributed by atoms with Gasteiger partial charge in [0.1, 0.15) is 5.69 Å². The first-order valence-electron chi connectivity index (χ1n) is 6.42. The molecule has 24 heavy (non-hydrogen) atoms. The summed E-state index contributed by atoms with van der Waals surface area (Å²) in [6.45, 7) is 0. The predicted molar refractivity (Wildman–Crippen MR) is 81.7 cm³/mol. The summed E-state index contributed by atoms with van der Waals surface area (Å²) in [4.78, 5) is 30.7. The zero-order valence-electron chi connectivity index (χ0n) is 11.9. The van der Waals surface area contributed by atoms with Gasteiger partial charge in [0.2, 0.25) is 0 Å². The molecular formula is C14H9N4O6-. The predicted octanol–water partition coefficient (Wildman–Crippen LogP) is 1.31. The summed E-state index contributed by atoms with van der Waals surface area (Å²) < 4.78 is 0. The maximum atomic E-state index is 11.0. The number of nitrogens with zero attached hydrogens (tertiary/aromatic N) is 3. The summed E-state index contributed by atoms with van der Waals surface area (Å²) in [6.07, 6.45) is 1.31. The molecule has 1 N–H and O–H groups in total. The zero-order valence-corrected chi connectivity index (χ0v) is 11.9. The van der Waals surface area contributed by atoms with Gasteiger partial charge in [-0.2, -0.15) is 5.10 Å². The second-order valence-electron chi connectivity index (χ2n) is 4.50. The van der Waals surface area contributed by atoms with E-state index in [0.717, 1.165) is 12.1 Å². The summed E-state index contributed by atoms with van der Waals surface area (Å²) >= 11 is 0. The Morgan fingerprint density at radius 2 is 1.71 bits per heavy atom. The molecule has 0 aromatic heterocycles. The Hall–Kier alpha value is -3.82. The average Bonchev–Trinajstić information content (AvgIpc) is 2.55. The van der Waals surface area contributed by atoms with Gasteiger partial charge in [0.25, 0.3) is 5.69 Å². The summed E-state index contributed by atoms with van der Waals surface area (Å²) in [7, 11) is 0. The van der Waals surface area contributed by atoms with Crippen LogP contribution >= 0.6 is 0 Å². The average molecular weight is 329 g/mol. The Labute approximate surface area is 134 Å². The molecule has 2 aromatic rings. The standard InChI is InChI=1S/C14H10N4O6/c19-14(20)10-3-1-9(2-4-10)8-15-16-12-6-5-11(17(21)22)7-13(12)18(23)24/h1-8,16H,(H,19,20)/p-1/b15-8-. The maximum absolute atomic E-state index is 11.0. The van der Waals surface area contributed by atoms with E-state index in [1.54, 1.807) is 0 Å². The molecule has 2 rings (SSSR count). The van der Waals surface area contributed by atoms with Crippen molar-refractivity contribution in [3.05, 3.63) is 73.8 Å². The van der Waals surface area contributed by atoms with Crippen LogP contribution < -0.4 is 10.5 Å². The summed E-state index contributed by atoms with van der Waals surface area (Å²) in [5.74, 6) is -1.31. The molecule has 0 bridgehead atoms. The van der Waals surface area contributed by atoms with Crippen molar-refractivity contribution in [2.45, 2.75) is 0 Å². The number of non-ortho nitro benzene ring substituents is 1. The van der Waals surface area contributed by atoms with Gasteiger partial charge in [0, 0.05) is 6.07 Å². The van der Waals surface area contributed by atoms with Crippen molar-refractivity contribution < 1.29 is 19.7 Å². The highest BCUT2D eigenvalue weighted by Crippen LogP contribution is 2.28. The molecule has 0 amide bonds. The number of hydrazone groups is 1. The van der Waals surface area contributed by atoms with E-state index in [1.807, 2.05) is 0 Å². The third-order valence-corrected chi connectivity index (χ3v) is 2.93. The van der Waals surface area contributed by atoms with E-state index >= 15 is 0 Å². The van der Waals surface area contributed by atoms with Gasteiger partial charge >= 0.3 is 5.69 Å². The lowest BCUT2D eigenvalue weighted by Gasteiger charge is -2.03. The van der Waals surface area contributed by atoms with Crippen LogP contribution in [-0.4, -0.2) is 22.0 Å². The van der Waals surface area contributed by atoms with Crippen molar-refractivity contribution in [2.75, 3.05) is 5.43 Å². The second-order valence-corrected chi connectivity index (χ2v) is 4.50. The molecular weight excluding hydrogens is 320 g/mol. The fraction of sp³-hybridized carbons (Fsp3) is 0. The molecule has 0 unspecified atom stereocenters. The first-order chi connectivity index (χ1) is 11.4. The molecule has 0 radical (unpaired) electrons. The van der Waals surface area contributed by atoms with E-state index < -0.39 is 27.2 Å². The number of carbonyl (C=O) groups is 1. The van der Waals surface area contributed by atoms with E-state index in [0.29, 0.717) is 5.56 Å². The van der Waals surface area contributed by atoms with Crippen LogP contribution in [0.2, 0.25) is 0 Å². The first kappa shape index (κ1) is 16.5. The summed E-state index contributed by atoms with van der Waals surface area (Å²) in [6, 6.07) is 8.70. The highest BCUT2D eigenvalue weighted by Gasteiger charge is 2.18. The van der Waals surface area contributed by atoms with Crippen molar-refractivity contribution in [3.8, 4) is 0 Å². The number of aromatic carboxylic acids is 1. The normalized spacial score (nSPS) is 10.5. The molecule has 0 aliphatic rings. The van der Waals surface area contributed by atoms with Crippen LogP contribution in [0.3, 0.4) is 0 Å². The molecule has 0 aliphatic heterocycles. The van der Waals surface area contributed by atoms with E-state index in [1.165, 1.54) is 36.5 Å². The lowest BCUT2D eigenvalue weighted by atomic mass is 10.1. The van der Waals surface area contributed by atoms with Gasteiger partial charge < -0.3 is 9.90 Å². The van der Waals surface area contributed by atoms with E-state index in [2.05, 4.69) is 10.5 Å². The third kappa shape index (κ3) is 3.88. The SMILES string of the molecule is O=C([O-])c1ccc(/C=N\Nc2ccc([N+](=O)[O-])cc2[N+](=O)[O-])cc1. The van der Waals surface area contributed by atoms with Crippen LogP contribution in [0, 0.1) is 20.2 Å². The van der Waals surface area contributed by atoms with Crippen LogP contribution in [0.5, 0.6) is 0 Å². The number of nitro groups is 2. The number of nitrogens with one attached hydrogen (secondary N) is 1. The minimum atomic E-state index is -1.31. The fourth-order valence-electron chi connectivity index (χ4n) is 1.76. The molecule has 10 nitrogen and oxygen atoms in total. The number of benzene rings is 2. The Balaban J connectivity index is 2.17. The fourth-order valence-corrected chi connectivity index (χ4v) is 1.76. The van der Waals surface area contributed by atoms with Crippen molar-refractivity contribution in [1.29, 1.82) is 0 Å². The van der Waals surface area contributed by atoms with Gasteiger partial charge in [-0.3, -0.25) is 25.7 Å². The number of nitro benzene ring substituents is 2. The topological polar surface area (TPSA) is 151 Å². The highest BCUT2D eigenvalue weighted by molar-refractivity contribution is 5.88. The number of rotatable bonds is 6. The largest absolute Gasteiger partial charge is 0.545 e. The molecule has 10 heteroatoms. The molecule has 0 aliphatic carbocycles. The Kier molecular flexibility index (Phi) is 4.80. The van der Waals surface area contributed by atoms with Gasteiger partial charge in [0.15, 0.2) is 0 Å². The molecule has 0 saturated heterocycles. The number of carboxylic acid groups (broad SMARTS) is 1. The van der Waals surface area contributed by atoms with Crippen LogP contribution in [0.1, 0.15) is 15.9 Å². The van der Waals surface area contributed by atoms with E-state index in [-0.39, 0.29) is 11.3 Å². The maximum Gasteiger partial charge on any atom is 0.301 e. The third-order valence-electron chi connectivity index (χ3n) is 2.93. The Bertz CT molecular complexity index is 832. The first-order valence-corrected chi connectivity index (χ1v) is 6.42. The van der Waals surface area contributed by atoms with Crippen LogP contribution in [0.15, 0.2) is 47.6 Å². The quantitative estimate of drug-likeness (QED) is 0.476. The number of hydrogen-bond donors (Lipinski definition) is 1. The van der Waals surface area contributed by atoms with Crippen LogP contribution in [0.4, 0.5) is 17.1 Å². The van der Waals surface area contributed by atoms with Gasteiger partial charge in [-0.25, -0.2) is 0 Å². The van der Waals surface area contributed by atoms with Gasteiger partial charge in [-0.15, -0.1) is 0 Å². The summed E-state index contributed by atoms with van der Waals surface area (Å²) in [5, 5.41) is 36.0. The Morgan fingerprint density at radius 1 is 1.04 bits per heavy atom. The smallest absolute Gasteiger partial charge is 0.301 e. The molecule has 0 atom stereocenters. The highest BCUT2D eigenvalue weighted by atomic mass is 16.6. The lowest BCUT2D eigenvalue weighted by Crippen LogP contribution is -2.21. The zero-order chi connectivity index (χ0) is 17.7. The molecule has 122 valence electrons. The molecule has 0 saturated carbocycles. The summed E-state index contributed by atoms with van der Waals surface area (Å²) in [5.41, 5.74) is 2.05. The van der Waals surface area contributed by atoms with Crippen molar-refractivity contribution in [2.24, 2.45) is 5.10 Å². The van der Waals surface area contributed by atoms with Crippen LogP contribution in [0.25, 0.3) is 0 Å². The van der Waals surface area contributed by atoms with E-state index in [9.17, 15) is 30.1 Å². The van der Waals surface area contributed by atoms with E-state index in [4.69, 9.17) is 0 Å². The van der Waals surface area contributed by atoms with Crippen molar-refractivity contribution in [1.82, 2.24) is 0 Å². The van der Waals surface area contributed by atoms with Gasteiger partial charge in [-0.1, -0.05) is 24.3 Å². The molecule has 0 fully saturated rings. The minimum Gasteiger partial charge on any atom is -0.545 e. The number of carboxylic acids is 1. The Morgan fingerprint density at radius 3 is 2.25 bits per heavy atom. The minimum absolute atomic E-state index is 0.00566. The monoisotopic (exact) mass is 329 g/mol.